The van der Waals surface area contributed by atoms with E-state index < -0.39 is 0 Å². The standard InChI is InChI=1S/C12H20N4O/c1-13-11-6-14-7-12(15-11)16(2)8-10-4-3-5-17-9-10/h6-7,10H,3-5,8-9H2,1-2H3,(H,13,15). The lowest BCUT2D eigenvalue weighted by atomic mass is 10.0. The molecule has 1 unspecified atom stereocenters. The van der Waals surface area contributed by atoms with E-state index in [9.17, 15) is 0 Å². The second-order valence-corrected chi connectivity index (χ2v) is 4.48. The second-order valence-electron chi connectivity index (χ2n) is 4.48. The monoisotopic (exact) mass is 236 g/mol. The van der Waals surface area contributed by atoms with Crippen LogP contribution in [0.4, 0.5) is 11.6 Å². The van der Waals surface area contributed by atoms with Gasteiger partial charge in [0.15, 0.2) is 0 Å². The Kier molecular flexibility index (Phi) is 4.14. The molecule has 1 fully saturated rings. The van der Waals surface area contributed by atoms with Crippen LogP contribution in [0, 0.1) is 5.92 Å². The molecule has 0 saturated carbocycles. The molecule has 2 rings (SSSR count). The zero-order valence-electron chi connectivity index (χ0n) is 10.5. The molecular formula is C12H20N4O. The molecule has 1 aromatic heterocycles. The molecule has 1 N–H and O–H groups in total. The predicted octanol–water partition coefficient (Wildman–Crippen LogP) is 1.38. The van der Waals surface area contributed by atoms with Crippen LogP contribution in [0.25, 0.3) is 0 Å². The van der Waals surface area contributed by atoms with E-state index in [0.29, 0.717) is 5.92 Å². The molecule has 0 radical (unpaired) electrons. The van der Waals surface area contributed by atoms with Crippen LogP contribution in [-0.4, -0.2) is 43.8 Å². The Bertz CT molecular complexity index is 352. The topological polar surface area (TPSA) is 50.3 Å². The molecule has 17 heavy (non-hydrogen) atoms. The third-order valence-electron chi connectivity index (χ3n) is 3.06. The first-order valence-electron chi connectivity index (χ1n) is 6.08. The van der Waals surface area contributed by atoms with E-state index in [-0.39, 0.29) is 0 Å². The summed E-state index contributed by atoms with van der Waals surface area (Å²) in [4.78, 5) is 10.8. The Balaban J connectivity index is 1.95. The van der Waals surface area contributed by atoms with Crippen molar-refractivity contribution in [3.05, 3.63) is 12.4 Å². The maximum atomic E-state index is 5.49. The molecule has 0 amide bonds. The van der Waals surface area contributed by atoms with Gasteiger partial charge in [0.1, 0.15) is 11.6 Å². The normalized spacial score (nSPS) is 20.0. The lowest BCUT2D eigenvalue weighted by Crippen LogP contribution is -2.31. The third-order valence-corrected chi connectivity index (χ3v) is 3.06. The van der Waals surface area contributed by atoms with Gasteiger partial charge in [-0.2, -0.15) is 0 Å². The van der Waals surface area contributed by atoms with Gasteiger partial charge in [-0.15, -0.1) is 0 Å². The number of rotatable bonds is 4. The minimum absolute atomic E-state index is 0.605. The van der Waals surface area contributed by atoms with Crippen LogP contribution in [0.2, 0.25) is 0 Å². The Hall–Kier alpha value is -1.36. The Morgan fingerprint density at radius 3 is 3.12 bits per heavy atom. The van der Waals surface area contributed by atoms with E-state index in [1.54, 1.807) is 12.4 Å². The zero-order chi connectivity index (χ0) is 12.1. The molecule has 1 aliphatic rings. The summed E-state index contributed by atoms with van der Waals surface area (Å²) in [5, 5.41) is 3.00. The molecule has 2 heterocycles. The molecule has 94 valence electrons. The largest absolute Gasteiger partial charge is 0.381 e. The van der Waals surface area contributed by atoms with Gasteiger partial charge in [-0.1, -0.05) is 0 Å². The third kappa shape index (κ3) is 3.30. The SMILES string of the molecule is CNc1cncc(N(C)CC2CCCOC2)n1. The van der Waals surface area contributed by atoms with E-state index in [1.807, 2.05) is 7.05 Å². The van der Waals surface area contributed by atoms with Crippen LogP contribution in [0.3, 0.4) is 0 Å². The van der Waals surface area contributed by atoms with Gasteiger partial charge in [0.25, 0.3) is 0 Å². The van der Waals surface area contributed by atoms with Gasteiger partial charge in [0, 0.05) is 27.2 Å². The average Bonchev–Trinajstić information content (AvgIpc) is 2.40. The van der Waals surface area contributed by atoms with E-state index in [2.05, 4.69) is 27.2 Å². The van der Waals surface area contributed by atoms with Crippen molar-refractivity contribution in [1.29, 1.82) is 0 Å². The fourth-order valence-electron chi connectivity index (χ4n) is 2.09. The molecule has 0 aliphatic carbocycles. The van der Waals surface area contributed by atoms with E-state index in [4.69, 9.17) is 4.74 Å². The summed E-state index contributed by atoms with van der Waals surface area (Å²) in [6.07, 6.45) is 5.93. The number of hydrogen-bond acceptors (Lipinski definition) is 5. The minimum atomic E-state index is 0.605. The number of nitrogens with one attached hydrogen (secondary N) is 1. The van der Waals surface area contributed by atoms with Crippen molar-refractivity contribution in [3.63, 3.8) is 0 Å². The molecule has 0 bridgehead atoms. The zero-order valence-corrected chi connectivity index (χ0v) is 10.5. The highest BCUT2D eigenvalue weighted by atomic mass is 16.5. The van der Waals surface area contributed by atoms with Crippen LogP contribution in [0.5, 0.6) is 0 Å². The van der Waals surface area contributed by atoms with Gasteiger partial charge in [0.2, 0.25) is 0 Å². The minimum Gasteiger partial charge on any atom is -0.381 e. The van der Waals surface area contributed by atoms with Gasteiger partial charge in [-0.3, -0.25) is 4.98 Å². The summed E-state index contributed by atoms with van der Waals surface area (Å²) in [5.74, 6) is 2.31. The number of ether oxygens (including phenoxy) is 1. The summed E-state index contributed by atoms with van der Waals surface area (Å²) in [6, 6.07) is 0. The van der Waals surface area contributed by atoms with Crippen LogP contribution in [0.15, 0.2) is 12.4 Å². The average molecular weight is 236 g/mol. The van der Waals surface area contributed by atoms with Crippen LogP contribution >= 0.6 is 0 Å². The first-order valence-corrected chi connectivity index (χ1v) is 6.08. The highest BCUT2D eigenvalue weighted by Crippen LogP contribution is 2.17. The summed E-state index contributed by atoms with van der Waals surface area (Å²) < 4.78 is 5.49. The Morgan fingerprint density at radius 2 is 2.41 bits per heavy atom. The maximum absolute atomic E-state index is 5.49. The second kappa shape index (κ2) is 5.82. The van der Waals surface area contributed by atoms with Crippen LogP contribution in [-0.2, 0) is 4.74 Å². The van der Waals surface area contributed by atoms with Crippen molar-refractivity contribution in [2.75, 3.05) is 44.1 Å². The molecule has 0 spiro atoms. The first-order chi connectivity index (χ1) is 8.29. The lowest BCUT2D eigenvalue weighted by Gasteiger charge is -2.27. The molecule has 1 atom stereocenters. The highest BCUT2D eigenvalue weighted by Gasteiger charge is 2.16. The number of nitrogens with zero attached hydrogens (tertiary/aromatic N) is 3. The maximum Gasteiger partial charge on any atom is 0.149 e. The van der Waals surface area contributed by atoms with Gasteiger partial charge >= 0.3 is 0 Å². The molecule has 5 nitrogen and oxygen atoms in total. The fourth-order valence-corrected chi connectivity index (χ4v) is 2.09. The first kappa shape index (κ1) is 12.1. The Morgan fingerprint density at radius 1 is 1.53 bits per heavy atom. The van der Waals surface area contributed by atoms with Crippen molar-refractivity contribution >= 4 is 11.6 Å². The smallest absolute Gasteiger partial charge is 0.149 e. The quantitative estimate of drug-likeness (QED) is 0.856. The van der Waals surface area contributed by atoms with Crippen LogP contribution in [0.1, 0.15) is 12.8 Å². The lowest BCUT2D eigenvalue weighted by molar-refractivity contribution is 0.0576. The molecule has 0 aromatic carbocycles. The summed E-state index contributed by atoms with van der Waals surface area (Å²) in [5.41, 5.74) is 0. The van der Waals surface area contributed by atoms with Gasteiger partial charge in [0.05, 0.1) is 19.0 Å². The van der Waals surface area contributed by atoms with Gasteiger partial charge in [-0.05, 0) is 18.8 Å². The van der Waals surface area contributed by atoms with Gasteiger partial charge < -0.3 is 15.0 Å². The fraction of sp³-hybridized carbons (Fsp3) is 0.667. The molecule has 5 heteroatoms. The Labute approximate surface area is 102 Å². The highest BCUT2D eigenvalue weighted by molar-refractivity contribution is 5.42. The predicted molar refractivity (Wildman–Crippen MR) is 68.4 cm³/mol. The van der Waals surface area contributed by atoms with Crippen molar-refractivity contribution in [2.45, 2.75) is 12.8 Å². The summed E-state index contributed by atoms with van der Waals surface area (Å²) in [6.45, 7) is 2.75. The van der Waals surface area contributed by atoms with Crippen molar-refractivity contribution < 1.29 is 4.74 Å². The van der Waals surface area contributed by atoms with Crippen molar-refractivity contribution in [3.8, 4) is 0 Å². The van der Waals surface area contributed by atoms with E-state index in [1.165, 1.54) is 12.8 Å². The number of anilines is 2. The number of aromatic nitrogens is 2. The van der Waals surface area contributed by atoms with Crippen molar-refractivity contribution in [1.82, 2.24) is 9.97 Å². The van der Waals surface area contributed by atoms with E-state index in [0.717, 1.165) is 31.4 Å². The summed E-state index contributed by atoms with van der Waals surface area (Å²) in [7, 11) is 3.90. The van der Waals surface area contributed by atoms with E-state index >= 15 is 0 Å². The summed E-state index contributed by atoms with van der Waals surface area (Å²) >= 11 is 0. The molecule has 1 saturated heterocycles. The molecule has 1 aromatic rings. The van der Waals surface area contributed by atoms with Crippen molar-refractivity contribution in [2.24, 2.45) is 5.92 Å². The van der Waals surface area contributed by atoms with Gasteiger partial charge in [-0.25, -0.2) is 4.98 Å². The van der Waals surface area contributed by atoms with Crippen LogP contribution < -0.4 is 10.2 Å². The molecular weight excluding hydrogens is 216 g/mol. The number of hydrogen-bond donors (Lipinski definition) is 1. The molecule has 1 aliphatic heterocycles.